The van der Waals surface area contributed by atoms with Crippen LogP contribution in [-0.2, 0) is 23.6 Å². The summed E-state index contributed by atoms with van der Waals surface area (Å²) in [6.45, 7) is 15.1. The van der Waals surface area contributed by atoms with Gasteiger partial charge in [0.1, 0.15) is 0 Å². The van der Waals surface area contributed by atoms with Gasteiger partial charge in [0.15, 0.2) is 0 Å². The molecule has 0 amide bonds. The van der Waals surface area contributed by atoms with Gasteiger partial charge in [0.2, 0.25) is 0 Å². The van der Waals surface area contributed by atoms with Crippen LogP contribution in [0, 0.1) is 23.7 Å². The van der Waals surface area contributed by atoms with Gasteiger partial charge in [-0.3, -0.25) is 0 Å². The molecule has 0 N–H and O–H groups in total. The van der Waals surface area contributed by atoms with Crippen molar-refractivity contribution in [1.82, 2.24) is 0 Å². The first-order valence-corrected chi connectivity index (χ1v) is 10.3. The first kappa shape index (κ1) is 23.6. The van der Waals surface area contributed by atoms with E-state index in [4.69, 9.17) is 18.9 Å². The van der Waals surface area contributed by atoms with E-state index in [-0.39, 0.29) is 24.2 Å². The van der Waals surface area contributed by atoms with E-state index in [1.165, 1.54) is 0 Å². The summed E-state index contributed by atoms with van der Waals surface area (Å²) in [7, 11) is 2.26. The zero-order valence-corrected chi connectivity index (χ0v) is 17.9. The minimum atomic E-state index is -0.558. The fraction of sp³-hybridized carbons (Fsp3) is 1.00. The van der Waals surface area contributed by atoms with Crippen LogP contribution in [0.15, 0.2) is 0 Å². The summed E-state index contributed by atoms with van der Waals surface area (Å²) in [5.74, 6) is 1.15. The third-order valence-electron chi connectivity index (χ3n) is 6.42. The van der Waals surface area contributed by atoms with Gasteiger partial charge in [-0.2, -0.15) is 0 Å². The Morgan fingerprint density at radius 3 is 2.04 bits per heavy atom. The van der Waals surface area contributed by atoms with Gasteiger partial charge in [0.25, 0.3) is 0 Å². The van der Waals surface area contributed by atoms with Crippen LogP contribution in [0.2, 0.25) is 0 Å². The van der Waals surface area contributed by atoms with Crippen molar-refractivity contribution in [3.8, 4) is 0 Å². The van der Waals surface area contributed by atoms with Crippen LogP contribution < -0.4 is 0 Å². The van der Waals surface area contributed by atoms with Crippen molar-refractivity contribution < 1.29 is 23.6 Å². The van der Waals surface area contributed by atoms with Crippen LogP contribution >= 0.6 is 0 Å². The number of methoxy groups -OCH3 is 1. The van der Waals surface area contributed by atoms with E-state index in [0.29, 0.717) is 25.1 Å². The molecule has 1 heterocycles. The Labute approximate surface area is 160 Å². The molecule has 6 heteroatoms. The molecule has 0 aromatic carbocycles. The van der Waals surface area contributed by atoms with Crippen LogP contribution in [0.4, 0.5) is 0 Å². The monoisotopic (exact) mass is 370 g/mol. The predicted octanol–water partition coefficient (Wildman–Crippen LogP) is 4.24. The fourth-order valence-corrected chi connectivity index (χ4v) is 3.93. The Hall–Kier alpha value is -0.455. The average molecular weight is 370 g/mol. The maximum atomic E-state index is 11.1. The molecule has 5 nitrogen and oxygen atoms in total. The molecule has 9 unspecified atom stereocenters. The molecule has 1 fully saturated rings. The first-order valence-electron chi connectivity index (χ1n) is 10.3. The van der Waals surface area contributed by atoms with Gasteiger partial charge >= 0.3 is 160 Å². The third-order valence-corrected chi connectivity index (χ3v) is 6.42. The zero-order chi connectivity index (χ0) is 19.9. The second-order valence-electron chi connectivity index (χ2n) is 7.94. The molecule has 0 aliphatic carbocycles. The van der Waals surface area contributed by atoms with Crippen LogP contribution in [-0.4, -0.2) is 45.2 Å². The molecule has 0 aromatic rings. The summed E-state index contributed by atoms with van der Waals surface area (Å²) in [6, 6.07) is 0. The summed E-state index contributed by atoms with van der Waals surface area (Å²) < 4.78 is 35.1. The van der Waals surface area contributed by atoms with Gasteiger partial charge in [-0.25, -0.2) is 0 Å². The molecule has 1 rings (SSSR count). The van der Waals surface area contributed by atoms with Gasteiger partial charge < -0.3 is 0 Å². The van der Waals surface area contributed by atoms with Crippen molar-refractivity contribution in [2.75, 3.05) is 7.11 Å². The van der Waals surface area contributed by atoms with Crippen molar-refractivity contribution in [2.45, 2.75) is 98.4 Å². The van der Waals surface area contributed by atoms with Crippen molar-refractivity contribution in [3.05, 3.63) is 0 Å². The Morgan fingerprint density at radius 2 is 1.58 bits per heavy atom. The summed E-state index contributed by atoms with van der Waals surface area (Å²) in [5, 5.41) is 0. The number of hydrogen-bond donors (Lipinski definition) is 0. The topological polar surface area (TPSA) is 54.0 Å². The van der Waals surface area contributed by atoms with Crippen LogP contribution in [0.25, 0.3) is 0 Å². The first-order chi connectivity index (χ1) is 12.4. The third kappa shape index (κ3) is 5.52. The summed E-state index contributed by atoms with van der Waals surface area (Å²) >= 11 is 0. The van der Waals surface area contributed by atoms with E-state index in [1.807, 2.05) is 0 Å². The molecular formula is C20H39BO5. The summed E-state index contributed by atoms with van der Waals surface area (Å²) in [6.07, 6.45) is 1.92. The second-order valence-corrected chi connectivity index (χ2v) is 7.94. The molecule has 0 spiro atoms. The van der Waals surface area contributed by atoms with Crippen LogP contribution in [0.1, 0.15) is 67.7 Å². The fourth-order valence-electron chi connectivity index (χ4n) is 3.93. The van der Waals surface area contributed by atoms with Crippen molar-refractivity contribution >= 4 is 7.35 Å². The molecule has 0 saturated carbocycles. The van der Waals surface area contributed by atoms with E-state index in [0.717, 1.165) is 19.3 Å². The predicted molar refractivity (Wildman–Crippen MR) is 103 cm³/mol. The quantitative estimate of drug-likeness (QED) is 0.509. The minimum absolute atomic E-state index is 0.0230. The number of rotatable bonds is 11. The molecule has 9 atom stereocenters. The molecule has 26 heavy (non-hydrogen) atoms. The molecule has 1 aliphatic heterocycles. The van der Waals surface area contributed by atoms with Crippen molar-refractivity contribution in [3.63, 3.8) is 0 Å². The average Bonchev–Trinajstić information content (AvgIpc) is 2.65. The normalized spacial score (nSPS) is 33.8. The number of ether oxygens (including phenoxy) is 3. The molecule has 0 radical (unpaired) electrons. The van der Waals surface area contributed by atoms with E-state index < -0.39 is 12.4 Å². The molecule has 1 saturated heterocycles. The Morgan fingerprint density at radius 1 is 1.00 bits per heavy atom. The van der Waals surface area contributed by atoms with Crippen LogP contribution in [0.5, 0.6) is 0 Å². The molecule has 0 aromatic heterocycles. The molecular weight excluding hydrogens is 331 g/mol. The van der Waals surface area contributed by atoms with Gasteiger partial charge in [0.05, 0.1) is 0 Å². The van der Waals surface area contributed by atoms with Gasteiger partial charge in [0, 0.05) is 0 Å². The van der Waals surface area contributed by atoms with E-state index in [9.17, 15) is 4.70 Å². The standard InChI is InChI=1S/C20H39BO5/c1-9-12(4)17(23-8)18(13(5)10-2)25-20-19(26-21-22)15(7)14(6)16(11-3)24-20/h12-20H,9-11H2,1-8H3. The summed E-state index contributed by atoms with van der Waals surface area (Å²) in [4.78, 5) is 0. The number of hydrogen-bond acceptors (Lipinski definition) is 5. The van der Waals surface area contributed by atoms with Crippen LogP contribution in [0.3, 0.4) is 0 Å². The molecule has 0 bridgehead atoms. The Balaban J connectivity index is 3.09. The molecule has 1 aliphatic rings. The van der Waals surface area contributed by atoms with Gasteiger partial charge in [-0.1, -0.05) is 0 Å². The molecule has 152 valence electrons. The van der Waals surface area contributed by atoms with Gasteiger partial charge in [-0.05, 0) is 0 Å². The van der Waals surface area contributed by atoms with E-state index >= 15 is 0 Å². The van der Waals surface area contributed by atoms with Crippen molar-refractivity contribution in [1.29, 1.82) is 0 Å². The van der Waals surface area contributed by atoms with Gasteiger partial charge in [-0.15, -0.1) is 0 Å². The maximum absolute atomic E-state index is 11.1. The van der Waals surface area contributed by atoms with Crippen molar-refractivity contribution in [2.24, 2.45) is 23.7 Å². The second kappa shape index (κ2) is 11.4. The SMILES string of the molecule is CCC(C)C(OC)C(OC1OC(CC)C(C)C(C)C1OB=O)C(C)CC. The van der Waals surface area contributed by atoms with E-state index in [2.05, 4.69) is 48.5 Å². The zero-order valence-electron chi connectivity index (χ0n) is 17.9. The van der Waals surface area contributed by atoms with E-state index in [1.54, 1.807) is 7.11 Å². The Kier molecular flexibility index (Phi) is 10.3. The summed E-state index contributed by atoms with van der Waals surface area (Å²) in [5.41, 5.74) is 0. The Bertz CT molecular complexity index is 408.